The van der Waals surface area contributed by atoms with Gasteiger partial charge in [-0.05, 0) is 62.2 Å². The van der Waals surface area contributed by atoms with E-state index in [1.807, 2.05) is 6.07 Å². The van der Waals surface area contributed by atoms with Crippen molar-refractivity contribution in [3.8, 4) is 0 Å². The van der Waals surface area contributed by atoms with Crippen LogP contribution in [0.2, 0.25) is 0 Å². The summed E-state index contributed by atoms with van der Waals surface area (Å²) in [6.45, 7) is 8.24. The van der Waals surface area contributed by atoms with E-state index >= 15 is 0 Å². The second-order valence-electron chi connectivity index (χ2n) is 8.96. The number of benzene rings is 2. The van der Waals surface area contributed by atoms with Crippen molar-refractivity contribution in [1.29, 1.82) is 0 Å². The van der Waals surface area contributed by atoms with Gasteiger partial charge in [0.2, 0.25) is 0 Å². The standard InChI is InChI=1S/C28H39NO/c1-24-27(17-11-3-4-12-20-30-23-26-15-9-6-10-16-26)21-28(24)18-19-29(2)22-25-13-7-5-8-14-25/h5-10,13-16,27-28H,1,3-4,11-12,17-23H2,2H3/t27-,28-/m1/s1. The van der Waals surface area contributed by atoms with E-state index < -0.39 is 0 Å². The fourth-order valence-corrected chi connectivity index (χ4v) is 4.49. The molecular weight excluding hydrogens is 366 g/mol. The molecule has 0 aliphatic heterocycles. The van der Waals surface area contributed by atoms with Crippen LogP contribution < -0.4 is 0 Å². The van der Waals surface area contributed by atoms with Crippen molar-refractivity contribution < 1.29 is 4.74 Å². The predicted molar refractivity (Wildman–Crippen MR) is 127 cm³/mol. The Bertz CT molecular complexity index is 727. The summed E-state index contributed by atoms with van der Waals surface area (Å²) in [7, 11) is 2.23. The van der Waals surface area contributed by atoms with Gasteiger partial charge in [0.05, 0.1) is 6.61 Å². The highest BCUT2D eigenvalue weighted by molar-refractivity contribution is 5.17. The highest BCUT2D eigenvalue weighted by atomic mass is 16.5. The number of allylic oxidation sites excluding steroid dienone is 1. The van der Waals surface area contributed by atoms with Crippen LogP contribution in [-0.2, 0) is 17.9 Å². The first-order valence-corrected chi connectivity index (χ1v) is 11.7. The molecule has 2 aromatic carbocycles. The van der Waals surface area contributed by atoms with E-state index in [1.54, 1.807) is 0 Å². The molecule has 0 saturated heterocycles. The normalized spacial score (nSPS) is 18.5. The van der Waals surface area contributed by atoms with Crippen LogP contribution in [0.5, 0.6) is 0 Å². The molecular formula is C28H39NO. The summed E-state index contributed by atoms with van der Waals surface area (Å²) < 4.78 is 5.78. The minimum absolute atomic E-state index is 0.741. The van der Waals surface area contributed by atoms with Crippen LogP contribution in [-0.4, -0.2) is 25.1 Å². The molecule has 1 aliphatic rings. The van der Waals surface area contributed by atoms with Gasteiger partial charge in [-0.3, -0.25) is 0 Å². The van der Waals surface area contributed by atoms with Gasteiger partial charge in [0.25, 0.3) is 0 Å². The van der Waals surface area contributed by atoms with Crippen molar-refractivity contribution in [3.63, 3.8) is 0 Å². The van der Waals surface area contributed by atoms with Gasteiger partial charge in [0, 0.05) is 13.2 Å². The first kappa shape index (κ1) is 22.8. The van der Waals surface area contributed by atoms with Crippen molar-refractivity contribution >= 4 is 0 Å². The Labute approximate surface area is 184 Å². The largest absolute Gasteiger partial charge is 0.377 e. The molecule has 0 aromatic heterocycles. The van der Waals surface area contributed by atoms with E-state index in [2.05, 4.69) is 73.1 Å². The molecule has 0 heterocycles. The molecule has 2 heteroatoms. The van der Waals surface area contributed by atoms with Gasteiger partial charge in [-0.15, -0.1) is 0 Å². The maximum absolute atomic E-state index is 5.78. The average molecular weight is 406 g/mol. The lowest BCUT2D eigenvalue weighted by Gasteiger charge is -2.39. The van der Waals surface area contributed by atoms with E-state index in [0.29, 0.717) is 0 Å². The molecule has 0 unspecified atom stereocenters. The molecule has 1 aliphatic carbocycles. The molecule has 2 aromatic rings. The van der Waals surface area contributed by atoms with Gasteiger partial charge >= 0.3 is 0 Å². The molecule has 0 spiro atoms. The van der Waals surface area contributed by atoms with E-state index in [4.69, 9.17) is 4.74 Å². The van der Waals surface area contributed by atoms with Gasteiger partial charge < -0.3 is 9.64 Å². The molecule has 1 fully saturated rings. The Morgan fingerprint density at radius 3 is 2.17 bits per heavy atom. The lowest BCUT2D eigenvalue weighted by atomic mass is 9.67. The zero-order valence-electron chi connectivity index (χ0n) is 18.8. The first-order chi connectivity index (χ1) is 14.7. The monoisotopic (exact) mass is 405 g/mol. The van der Waals surface area contributed by atoms with Crippen LogP contribution >= 0.6 is 0 Å². The number of unbranched alkanes of at least 4 members (excludes halogenated alkanes) is 3. The molecule has 2 nitrogen and oxygen atoms in total. The lowest BCUT2D eigenvalue weighted by Crippen LogP contribution is -2.30. The molecule has 3 rings (SSSR count). The quantitative estimate of drug-likeness (QED) is 0.251. The summed E-state index contributed by atoms with van der Waals surface area (Å²) in [4.78, 5) is 2.44. The fourth-order valence-electron chi connectivity index (χ4n) is 4.49. The van der Waals surface area contributed by atoms with E-state index in [-0.39, 0.29) is 0 Å². The number of rotatable bonds is 14. The SMILES string of the molecule is C=C1[C@H](CCCCCCOCc2ccccc2)C[C@H]1CCN(C)Cc1ccccc1. The van der Waals surface area contributed by atoms with Gasteiger partial charge in [-0.1, -0.05) is 92.1 Å². The minimum Gasteiger partial charge on any atom is -0.377 e. The summed E-state index contributed by atoms with van der Waals surface area (Å²) in [5.41, 5.74) is 4.19. The number of hydrogen-bond acceptors (Lipinski definition) is 2. The Morgan fingerprint density at radius 1 is 0.833 bits per heavy atom. The smallest absolute Gasteiger partial charge is 0.0716 e. The van der Waals surface area contributed by atoms with Gasteiger partial charge in [0.15, 0.2) is 0 Å². The summed E-state index contributed by atoms with van der Waals surface area (Å²) in [6, 6.07) is 21.2. The summed E-state index contributed by atoms with van der Waals surface area (Å²) in [5, 5.41) is 0. The fraction of sp³-hybridized carbons (Fsp3) is 0.500. The molecule has 0 radical (unpaired) electrons. The van der Waals surface area contributed by atoms with E-state index in [0.717, 1.165) is 38.1 Å². The van der Waals surface area contributed by atoms with Crippen LogP contribution in [0.3, 0.4) is 0 Å². The first-order valence-electron chi connectivity index (χ1n) is 11.7. The van der Waals surface area contributed by atoms with E-state index in [1.165, 1.54) is 61.6 Å². The Morgan fingerprint density at radius 2 is 1.47 bits per heavy atom. The van der Waals surface area contributed by atoms with Crippen molar-refractivity contribution in [1.82, 2.24) is 4.90 Å². The molecule has 162 valence electrons. The van der Waals surface area contributed by atoms with Crippen LogP contribution in [0.25, 0.3) is 0 Å². The maximum atomic E-state index is 5.78. The average Bonchev–Trinajstić information content (AvgIpc) is 2.77. The third-order valence-corrected chi connectivity index (χ3v) is 6.48. The zero-order valence-corrected chi connectivity index (χ0v) is 18.8. The lowest BCUT2D eigenvalue weighted by molar-refractivity contribution is 0.116. The van der Waals surface area contributed by atoms with Crippen molar-refractivity contribution in [2.45, 2.75) is 58.1 Å². The van der Waals surface area contributed by atoms with Crippen molar-refractivity contribution in [3.05, 3.63) is 83.9 Å². The Balaban J connectivity index is 1.16. The molecule has 30 heavy (non-hydrogen) atoms. The minimum atomic E-state index is 0.741. The number of nitrogens with zero attached hydrogens (tertiary/aromatic N) is 1. The van der Waals surface area contributed by atoms with Crippen molar-refractivity contribution in [2.75, 3.05) is 20.2 Å². The number of ether oxygens (including phenoxy) is 1. The Kier molecular flexibility index (Phi) is 9.66. The molecule has 0 amide bonds. The molecule has 0 bridgehead atoms. The summed E-state index contributed by atoms with van der Waals surface area (Å²) in [6.07, 6.45) is 9.07. The molecule has 0 N–H and O–H groups in total. The summed E-state index contributed by atoms with van der Waals surface area (Å²) >= 11 is 0. The van der Waals surface area contributed by atoms with Crippen molar-refractivity contribution in [2.24, 2.45) is 11.8 Å². The maximum Gasteiger partial charge on any atom is 0.0716 e. The highest BCUT2D eigenvalue weighted by Gasteiger charge is 2.32. The number of hydrogen-bond donors (Lipinski definition) is 0. The second-order valence-corrected chi connectivity index (χ2v) is 8.96. The van der Waals surface area contributed by atoms with Gasteiger partial charge in [0.1, 0.15) is 0 Å². The highest BCUT2D eigenvalue weighted by Crippen LogP contribution is 2.43. The second kappa shape index (κ2) is 12.7. The Hall–Kier alpha value is -1.90. The van der Waals surface area contributed by atoms with E-state index in [9.17, 15) is 0 Å². The van der Waals surface area contributed by atoms with Gasteiger partial charge in [-0.25, -0.2) is 0 Å². The summed E-state index contributed by atoms with van der Waals surface area (Å²) in [5.74, 6) is 1.53. The van der Waals surface area contributed by atoms with Gasteiger partial charge in [-0.2, -0.15) is 0 Å². The molecule has 2 atom stereocenters. The molecule has 1 saturated carbocycles. The zero-order chi connectivity index (χ0) is 21.0. The third-order valence-electron chi connectivity index (χ3n) is 6.48. The van der Waals surface area contributed by atoms with Crippen LogP contribution in [0.15, 0.2) is 72.8 Å². The van der Waals surface area contributed by atoms with Crippen LogP contribution in [0, 0.1) is 11.8 Å². The topological polar surface area (TPSA) is 12.5 Å². The predicted octanol–water partition coefficient (Wildman–Crippen LogP) is 6.87. The third kappa shape index (κ3) is 7.74. The van der Waals surface area contributed by atoms with Crippen LogP contribution in [0.4, 0.5) is 0 Å². The van der Waals surface area contributed by atoms with Crippen LogP contribution in [0.1, 0.15) is 56.1 Å².